The summed E-state index contributed by atoms with van der Waals surface area (Å²) in [4.78, 5) is 4.08. The minimum absolute atomic E-state index is 0.0200. The van der Waals surface area contributed by atoms with Gasteiger partial charge in [0.25, 0.3) is 0 Å². The Balaban J connectivity index is 2.88. The number of hydrogen-bond donors (Lipinski definition) is 2. The summed E-state index contributed by atoms with van der Waals surface area (Å²) >= 11 is 0. The number of aryl methyl sites for hydroxylation is 1. The fourth-order valence-corrected chi connectivity index (χ4v) is 1.67. The average Bonchev–Trinajstić information content (AvgIpc) is 2.29. The van der Waals surface area contributed by atoms with Gasteiger partial charge in [-0.1, -0.05) is 13.8 Å². The highest BCUT2D eigenvalue weighted by Crippen LogP contribution is 2.22. The predicted molar refractivity (Wildman–Crippen MR) is 65.0 cm³/mol. The number of nitrogens with two attached hydrogens (primary N) is 1. The van der Waals surface area contributed by atoms with Crippen molar-refractivity contribution in [1.82, 2.24) is 4.98 Å². The van der Waals surface area contributed by atoms with Gasteiger partial charge in [0.15, 0.2) is 0 Å². The molecule has 0 unspecified atom stereocenters. The zero-order valence-electron chi connectivity index (χ0n) is 9.88. The number of pyridine rings is 1. The molecular weight excluding hydrogens is 186 g/mol. The van der Waals surface area contributed by atoms with Crippen LogP contribution in [0.5, 0.6) is 0 Å². The van der Waals surface area contributed by atoms with E-state index in [4.69, 9.17) is 5.73 Å². The van der Waals surface area contributed by atoms with Crippen LogP contribution in [0.4, 0.5) is 5.69 Å². The maximum Gasteiger partial charge on any atom is 0.0490 e. The number of hydrogen-bond acceptors (Lipinski definition) is 3. The van der Waals surface area contributed by atoms with Gasteiger partial charge < -0.3 is 11.1 Å². The summed E-state index contributed by atoms with van der Waals surface area (Å²) in [6.07, 6.45) is 5.74. The first-order valence-electron chi connectivity index (χ1n) is 5.56. The lowest BCUT2D eigenvalue weighted by Crippen LogP contribution is -2.44. The van der Waals surface area contributed by atoms with E-state index in [2.05, 4.69) is 31.1 Å². The van der Waals surface area contributed by atoms with Gasteiger partial charge in [-0.2, -0.15) is 0 Å². The molecule has 0 saturated carbocycles. The Morgan fingerprint density at radius 3 is 2.53 bits per heavy atom. The average molecular weight is 207 g/mol. The molecule has 1 rings (SSSR count). The van der Waals surface area contributed by atoms with E-state index in [1.54, 1.807) is 0 Å². The van der Waals surface area contributed by atoms with Crippen LogP contribution in [-0.2, 0) is 0 Å². The van der Waals surface area contributed by atoms with Crippen LogP contribution in [0.3, 0.4) is 0 Å². The number of anilines is 1. The molecule has 0 amide bonds. The first-order chi connectivity index (χ1) is 7.17. The molecule has 0 aromatic carbocycles. The van der Waals surface area contributed by atoms with Crippen LogP contribution >= 0.6 is 0 Å². The molecule has 0 aliphatic carbocycles. The third kappa shape index (κ3) is 2.69. The van der Waals surface area contributed by atoms with Gasteiger partial charge in [-0.15, -0.1) is 0 Å². The molecule has 84 valence electrons. The van der Waals surface area contributed by atoms with Crippen molar-refractivity contribution < 1.29 is 0 Å². The highest BCUT2D eigenvalue weighted by molar-refractivity contribution is 5.50. The van der Waals surface area contributed by atoms with Gasteiger partial charge in [-0.25, -0.2) is 0 Å². The van der Waals surface area contributed by atoms with Crippen molar-refractivity contribution >= 4 is 5.69 Å². The van der Waals surface area contributed by atoms with E-state index in [1.165, 1.54) is 0 Å². The van der Waals surface area contributed by atoms with Crippen LogP contribution in [0.1, 0.15) is 32.3 Å². The SMILES string of the molecule is CCC(CC)(CN)Nc1ccncc1C. The fraction of sp³-hybridized carbons (Fsp3) is 0.583. The predicted octanol–water partition coefficient (Wildman–Crippen LogP) is 2.32. The molecule has 1 aromatic heterocycles. The van der Waals surface area contributed by atoms with E-state index in [0.717, 1.165) is 24.1 Å². The Labute approximate surface area is 92.1 Å². The van der Waals surface area contributed by atoms with Crippen LogP contribution in [0.25, 0.3) is 0 Å². The summed E-state index contributed by atoms with van der Waals surface area (Å²) < 4.78 is 0. The highest BCUT2D eigenvalue weighted by atomic mass is 15.0. The molecule has 3 N–H and O–H groups in total. The molecule has 0 aliphatic heterocycles. The van der Waals surface area contributed by atoms with Crippen molar-refractivity contribution in [1.29, 1.82) is 0 Å². The normalized spacial score (nSPS) is 11.5. The van der Waals surface area contributed by atoms with E-state index in [9.17, 15) is 0 Å². The van der Waals surface area contributed by atoms with Gasteiger partial charge in [-0.3, -0.25) is 4.98 Å². The topological polar surface area (TPSA) is 50.9 Å². The monoisotopic (exact) mass is 207 g/mol. The van der Waals surface area contributed by atoms with Crippen molar-refractivity contribution in [3.63, 3.8) is 0 Å². The van der Waals surface area contributed by atoms with E-state index < -0.39 is 0 Å². The number of aromatic nitrogens is 1. The van der Waals surface area contributed by atoms with Crippen LogP contribution in [-0.4, -0.2) is 17.1 Å². The summed E-state index contributed by atoms with van der Waals surface area (Å²) in [5.41, 5.74) is 8.17. The van der Waals surface area contributed by atoms with Gasteiger partial charge in [0, 0.05) is 30.2 Å². The Bertz CT molecular complexity index is 297. The second-order valence-corrected chi connectivity index (χ2v) is 4.01. The molecule has 0 aliphatic rings. The molecule has 1 aromatic rings. The van der Waals surface area contributed by atoms with E-state index >= 15 is 0 Å². The van der Waals surface area contributed by atoms with Crippen LogP contribution < -0.4 is 11.1 Å². The van der Waals surface area contributed by atoms with Crippen LogP contribution in [0.15, 0.2) is 18.5 Å². The lowest BCUT2D eigenvalue weighted by molar-refractivity contribution is 0.445. The highest BCUT2D eigenvalue weighted by Gasteiger charge is 2.24. The molecule has 1 heterocycles. The minimum atomic E-state index is 0.0200. The van der Waals surface area contributed by atoms with E-state index in [1.807, 2.05) is 18.5 Å². The summed E-state index contributed by atoms with van der Waals surface area (Å²) in [5, 5.41) is 3.54. The summed E-state index contributed by atoms with van der Waals surface area (Å²) in [6, 6.07) is 2.01. The van der Waals surface area contributed by atoms with Gasteiger partial charge in [0.2, 0.25) is 0 Å². The Morgan fingerprint density at radius 1 is 1.40 bits per heavy atom. The second kappa shape index (κ2) is 5.12. The standard InChI is InChI=1S/C12H21N3/c1-4-12(5-2,9-13)15-11-6-7-14-8-10(11)3/h6-8H,4-5,9,13H2,1-3H3,(H,14,15). The molecule has 0 saturated heterocycles. The maximum absolute atomic E-state index is 5.85. The zero-order valence-corrected chi connectivity index (χ0v) is 9.88. The minimum Gasteiger partial charge on any atom is -0.378 e. The molecule has 0 bridgehead atoms. The fourth-order valence-electron chi connectivity index (χ4n) is 1.67. The molecule has 0 fully saturated rings. The summed E-state index contributed by atoms with van der Waals surface area (Å²) in [5.74, 6) is 0. The lowest BCUT2D eigenvalue weighted by Gasteiger charge is -2.33. The van der Waals surface area contributed by atoms with Crippen molar-refractivity contribution in [2.45, 2.75) is 39.2 Å². The first kappa shape index (κ1) is 12.0. The number of nitrogens with one attached hydrogen (secondary N) is 1. The molecular formula is C12H21N3. The zero-order chi connectivity index (χ0) is 11.3. The summed E-state index contributed by atoms with van der Waals surface area (Å²) in [6.45, 7) is 7.05. The third-order valence-corrected chi connectivity index (χ3v) is 3.16. The molecule has 0 radical (unpaired) electrons. The Hall–Kier alpha value is -1.09. The quantitative estimate of drug-likeness (QED) is 0.779. The molecule has 0 spiro atoms. The van der Waals surface area contributed by atoms with Crippen LogP contribution in [0, 0.1) is 6.92 Å². The van der Waals surface area contributed by atoms with E-state index in [-0.39, 0.29) is 5.54 Å². The number of nitrogens with zero attached hydrogens (tertiary/aromatic N) is 1. The van der Waals surface area contributed by atoms with Crippen molar-refractivity contribution in [2.75, 3.05) is 11.9 Å². The van der Waals surface area contributed by atoms with Gasteiger partial charge in [-0.05, 0) is 31.4 Å². The van der Waals surface area contributed by atoms with E-state index in [0.29, 0.717) is 6.54 Å². The molecule has 3 heteroatoms. The Kier molecular flexibility index (Phi) is 4.09. The maximum atomic E-state index is 5.85. The molecule has 15 heavy (non-hydrogen) atoms. The van der Waals surface area contributed by atoms with Gasteiger partial charge >= 0.3 is 0 Å². The lowest BCUT2D eigenvalue weighted by atomic mass is 9.92. The smallest absolute Gasteiger partial charge is 0.0490 e. The number of rotatable bonds is 5. The Morgan fingerprint density at radius 2 is 2.07 bits per heavy atom. The molecule has 3 nitrogen and oxygen atoms in total. The largest absolute Gasteiger partial charge is 0.378 e. The van der Waals surface area contributed by atoms with Crippen molar-refractivity contribution in [2.24, 2.45) is 5.73 Å². The van der Waals surface area contributed by atoms with Gasteiger partial charge in [0.05, 0.1) is 0 Å². The van der Waals surface area contributed by atoms with Gasteiger partial charge in [0.1, 0.15) is 0 Å². The second-order valence-electron chi connectivity index (χ2n) is 4.01. The first-order valence-corrected chi connectivity index (χ1v) is 5.56. The van der Waals surface area contributed by atoms with Crippen LogP contribution in [0.2, 0.25) is 0 Å². The molecule has 0 atom stereocenters. The third-order valence-electron chi connectivity index (χ3n) is 3.16. The van der Waals surface area contributed by atoms with Crippen molar-refractivity contribution in [3.8, 4) is 0 Å². The van der Waals surface area contributed by atoms with Crippen molar-refractivity contribution in [3.05, 3.63) is 24.0 Å². The summed E-state index contributed by atoms with van der Waals surface area (Å²) in [7, 11) is 0.